The highest BCUT2D eigenvalue weighted by atomic mass is 32.2. The molecule has 8 N–H and O–H groups in total. The molecule has 0 saturated carbocycles. The zero-order valence-electron chi connectivity index (χ0n) is 58.5. The first-order valence-electron chi connectivity index (χ1n) is 34.6. The highest BCUT2D eigenvalue weighted by molar-refractivity contribution is 7.90. The molecular formula is C74H87N9O20S. The van der Waals surface area contributed by atoms with E-state index in [4.69, 9.17) is 28.7 Å². The Morgan fingerprint density at radius 3 is 2.12 bits per heavy atom. The van der Waals surface area contributed by atoms with Gasteiger partial charge < -0.3 is 75.3 Å². The molecule has 4 aromatic carbocycles. The number of carbonyl (C=O) groups excluding carboxylic acids is 8. The van der Waals surface area contributed by atoms with Crippen LogP contribution in [0.25, 0.3) is 22.3 Å². The van der Waals surface area contributed by atoms with Crippen molar-refractivity contribution < 1.29 is 90.3 Å². The van der Waals surface area contributed by atoms with Crippen LogP contribution in [0.5, 0.6) is 0 Å². The first-order chi connectivity index (χ1) is 49.8. The molecule has 0 unspecified atom stereocenters. The summed E-state index contributed by atoms with van der Waals surface area (Å²) in [5.74, 6) is -8.94. The summed E-state index contributed by atoms with van der Waals surface area (Å²) in [6.45, 7) is 9.32. The molecule has 2 aromatic heterocycles. The number of carboxylic acids is 2. The molecule has 0 spiro atoms. The topological polar surface area (TPSA) is 402 Å². The summed E-state index contributed by atoms with van der Waals surface area (Å²) in [6, 6.07) is 22.6. The van der Waals surface area contributed by atoms with Gasteiger partial charge >= 0.3 is 35.9 Å². The molecule has 5 heterocycles. The number of nitrogens with zero attached hydrogens (tertiary/aromatic N) is 3. The number of para-hydroxylation sites is 1. The van der Waals surface area contributed by atoms with E-state index in [1.807, 2.05) is 38.1 Å². The quantitative estimate of drug-likeness (QED) is 0.0138. The Bertz CT molecular complexity index is 4390. The van der Waals surface area contributed by atoms with Crippen molar-refractivity contribution in [2.75, 3.05) is 68.7 Å². The molecule has 0 aliphatic carbocycles. The number of pyridine rings is 2. The van der Waals surface area contributed by atoms with E-state index < -0.39 is 136 Å². The van der Waals surface area contributed by atoms with Crippen LogP contribution in [-0.2, 0) is 103 Å². The predicted octanol–water partition coefficient (Wildman–Crippen LogP) is 7.69. The summed E-state index contributed by atoms with van der Waals surface area (Å²) >= 11 is 0. The number of anilines is 3. The van der Waals surface area contributed by atoms with Gasteiger partial charge in [0.1, 0.15) is 19.3 Å². The zero-order valence-corrected chi connectivity index (χ0v) is 59.4. The fourth-order valence-electron chi connectivity index (χ4n) is 13.0. The minimum Gasteiger partial charge on any atom is -0.481 e. The average molecular weight is 1450 g/mol. The largest absolute Gasteiger partial charge is 0.481 e. The van der Waals surface area contributed by atoms with E-state index in [2.05, 4.69) is 31.9 Å². The van der Waals surface area contributed by atoms with E-state index >= 15 is 0 Å². The Morgan fingerprint density at radius 2 is 1.42 bits per heavy atom. The van der Waals surface area contributed by atoms with Crippen LogP contribution < -0.4 is 37.5 Å². The van der Waals surface area contributed by atoms with Gasteiger partial charge in [-0.05, 0) is 116 Å². The Labute approximate surface area is 600 Å². The lowest BCUT2D eigenvalue weighted by atomic mass is 9.84. The number of amides is 7. The minimum atomic E-state index is -3.94. The van der Waals surface area contributed by atoms with Crippen LogP contribution in [0.4, 0.5) is 26.7 Å². The molecule has 1 saturated heterocycles. The van der Waals surface area contributed by atoms with Crippen molar-refractivity contribution in [3.63, 3.8) is 0 Å². The average Bonchev–Trinajstić information content (AvgIpc) is 1.48. The van der Waals surface area contributed by atoms with Crippen molar-refractivity contribution in [1.29, 1.82) is 0 Å². The van der Waals surface area contributed by atoms with Crippen LogP contribution in [0.3, 0.4) is 0 Å². The van der Waals surface area contributed by atoms with Gasteiger partial charge in [-0.25, -0.2) is 27.8 Å². The number of ether oxygens (including phenoxy) is 5. The van der Waals surface area contributed by atoms with Gasteiger partial charge in [-0.1, -0.05) is 83.1 Å². The Balaban J connectivity index is 0.667. The lowest BCUT2D eigenvalue weighted by Crippen LogP contribution is -2.53. The second-order valence-corrected chi connectivity index (χ2v) is 27.9. The number of urea groups is 2. The number of hydrogen-bond acceptors (Lipinski definition) is 19. The Morgan fingerprint density at radius 1 is 0.731 bits per heavy atom. The van der Waals surface area contributed by atoms with Gasteiger partial charge in [0, 0.05) is 66.1 Å². The van der Waals surface area contributed by atoms with Crippen molar-refractivity contribution in [1.82, 2.24) is 30.4 Å². The number of nitrogens with one attached hydrogen (secondary N) is 6. The summed E-state index contributed by atoms with van der Waals surface area (Å²) in [7, 11) is -3.94. The highest BCUT2D eigenvalue weighted by Gasteiger charge is 2.52. The van der Waals surface area contributed by atoms with Crippen molar-refractivity contribution in [2.45, 2.75) is 146 Å². The van der Waals surface area contributed by atoms with Crippen LogP contribution in [0.2, 0.25) is 0 Å². The van der Waals surface area contributed by atoms with Crippen molar-refractivity contribution in [2.24, 2.45) is 11.8 Å². The number of cyclic esters (lactones) is 1. The lowest BCUT2D eigenvalue weighted by Gasteiger charge is -2.37. The predicted molar refractivity (Wildman–Crippen MR) is 380 cm³/mol. The first kappa shape index (κ1) is 77.7. The fraction of sp³-hybridized carbons (Fsp3) is 0.432. The molecule has 0 bridgehead atoms. The molecule has 554 valence electrons. The second kappa shape index (κ2) is 35.6. The number of aromatic nitrogens is 2. The van der Waals surface area contributed by atoms with Gasteiger partial charge in [0.25, 0.3) is 5.56 Å². The molecule has 104 heavy (non-hydrogen) atoms. The zero-order chi connectivity index (χ0) is 74.8. The number of benzene rings is 4. The highest BCUT2D eigenvalue weighted by Crippen LogP contribution is 2.43. The number of aliphatic carboxylic acids is 2. The second-order valence-electron chi connectivity index (χ2n) is 25.9. The fourth-order valence-corrected chi connectivity index (χ4v) is 14.4. The van der Waals surface area contributed by atoms with Crippen LogP contribution >= 0.6 is 0 Å². The molecule has 0 radical (unpaired) electrons. The molecule has 1 fully saturated rings. The first-order valence-corrected chi connectivity index (χ1v) is 36.3. The number of carboxylic acid groups (broad SMARTS) is 2. The number of Topliss-reactive ketones (excluding diaryl/α,β-unsaturated/α-hetero) is 1. The number of aryl methyl sites for hydroxylation is 1. The van der Waals surface area contributed by atoms with Crippen LogP contribution in [-0.4, -0.2) is 157 Å². The van der Waals surface area contributed by atoms with E-state index in [-0.39, 0.29) is 99.6 Å². The molecule has 7 amide bonds. The summed E-state index contributed by atoms with van der Waals surface area (Å²) in [4.78, 5) is 152. The van der Waals surface area contributed by atoms with E-state index in [1.165, 1.54) is 41.3 Å². The van der Waals surface area contributed by atoms with Crippen molar-refractivity contribution in [3.8, 4) is 11.4 Å². The van der Waals surface area contributed by atoms with Gasteiger partial charge in [0.2, 0.25) is 23.3 Å². The smallest absolute Gasteiger partial charge is 0.355 e. The monoisotopic (exact) mass is 1450 g/mol. The number of carbonyl (C=O) groups is 10. The number of rotatable bonds is 36. The summed E-state index contributed by atoms with van der Waals surface area (Å²) in [5.41, 5.74) is 3.29. The van der Waals surface area contributed by atoms with Crippen molar-refractivity contribution in [3.05, 3.63) is 147 Å². The van der Waals surface area contributed by atoms with E-state index in [9.17, 15) is 71.4 Å². The van der Waals surface area contributed by atoms with E-state index in [1.54, 1.807) is 67.8 Å². The van der Waals surface area contributed by atoms with Crippen molar-refractivity contribution >= 4 is 97.2 Å². The molecule has 3 aliphatic rings. The van der Waals surface area contributed by atoms with E-state index in [0.29, 0.717) is 66.1 Å². The summed E-state index contributed by atoms with van der Waals surface area (Å²) in [6.07, 6.45) is 0.559. The molecule has 9 rings (SSSR count). The van der Waals surface area contributed by atoms with Gasteiger partial charge in [-0.2, -0.15) is 0 Å². The Hall–Kier alpha value is -10.4. The van der Waals surface area contributed by atoms with Crippen LogP contribution in [0.1, 0.15) is 132 Å². The number of esters is 2. The van der Waals surface area contributed by atoms with Crippen LogP contribution in [0, 0.1) is 11.8 Å². The van der Waals surface area contributed by atoms with Gasteiger partial charge in [0.15, 0.2) is 15.6 Å². The third kappa shape index (κ3) is 19.4. The van der Waals surface area contributed by atoms with Gasteiger partial charge in [-0.15, -0.1) is 0 Å². The maximum absolute atomic E-state index is 14.5. The number of sulfone groups is 1. The Kier molecular flexibility index (Phi) is 26.6. The number of likely N-dealkylation sites (tertiary alicyclic amines) is 1. The third-order valence-corrected chi connectivity index (χ3v) is 19.9. The molecule has 6 aromatic rings. The standard InChI is InChI=1S/C74H87N9O20S/c1-6-27-75-72(95)78-49-17-12-18-50(35-49)104(97,98)43-45-15-11-16-46(34-45)58(38-65(87)88)81-73(96)77-48-25-23-47(24-26-48)76-63(85)22-14-29-99-30-31-100-32-33-101-42-64(86)79-59(39-66(89)90)69(92)82-28-13-21-60(82)62(84)36-53(44(4)5)70(93)103-74(8-3)56-37-61-67-54(40-83(61)68(91)55(56)41-102-71(74)94)51(7-2)52-19-9-10-20-57(52)80-67/h9-12,15-20,23-26,34-35,37,44,53,58-60H,6-8,13-14,21-22,27-33,36,38-43H2,1-5H3,(H,76,85)(H,79,86)(H,87,88)(H,89,90)(H2,75,78,95)(H2,77,81,96)/t53-,58-,59-,60-,74-/m0/s1. The van der Waals surface area contributed by atoms with E-state index in [0.717, 1.165) is 22.0 Å². The minimum absolute atomic E-state index is 0.0390. The summed E-state index contributed by atoms with van der Waals surface area (Å²) < 4.78 is 56.9. The molecule has 30 heteroatoms. The summed E-state index contributed by atoms with van der Waals surface area (Å²) in [5, 5.41) is 36.2. The third-order valence-electron chi connectivity index (χ3n) is 18.2. The number of hydrogen-bond donors (Lipinski definition) is 8. The molecule has 3 aliphatic heterocycles. The normalized spacial score (nSPS) is 16.0. The lowest BCUT2D eigenvalue weighted by molar-refractivity contribution is -0.193. The van der Waals surface area contributed by atoms with Gasteiger partial charge in [0.05, 0.1) is 96.9 Å². The SMILES string of the molecule is CCCNC(=O)Nc1cccc(S(=O)(=O)Cc2cccc([C@H](CC(=O)O)NC(=O)Nc3ccc(NC(=O)CCCOCCOCCOCC(=O)N[C@@H](CC(=O)O)C(=O)N4CCC[C@H]4C(=O)C[C@H](C(=O)O[C@]4(CC)C(=O)OCc5c4cc4n(c5=O)Cc5c-4nc4ccccc4c5CC)C(C)C)cc3)c2)c1. The number of fused-ring (bicyclic) bond motifs is 5. The number of ketones is 1. The van der Waals surface area contributed by atoms with Gasteiger partial charge in [-0.3, -0.25) is 38.4 Å². The maximum Gasteiger partial charge on any atom is 0.355 e. The molecule has 29 nitrogen and oxygen atoms in total. The molecule has 5 atom stereocenters. The molecular weight excluding hydrogens is 1370 g/mol. The van der Waals surface area contributed by atoms with Crippen LogP contribution in [0.15, 0.2) is 113 Å². The maximum atomic E-state index is 14.5.